The standard InChI is InChI=1S/C58H90O23/c1-12-25(3)48(72)80-45-46(81-49(73)26(4)13-2)58(24-60)29(20-53(45,5)6)28-14-15-33-55(9)18-17-34(54(7,8)32(55)16-19-56(33,10)57(28,11)43(68)44(58)69)77-52-41(78-51-40(67)38(65)37(64)31(21-59)76-51)27(35(62)42(79-52)47(70)71)22-74-50-39(66)36(63)30(61)23-75-50/h12-14,27,29-46,50-52,59-69H,15-24H2,1-11H3,(H,70,71)/b25-12-,26-13-/t27-,29?,30-,31?,32?,33?,34+,35+,36-,37+,38-,39?,40?,41?,42?,43+,44-,45+,46+,50-,51+,52-,55+,56-,57+,58+/m1/s1. The van der Waals surface area contributed by atoms with Crippen molar-refractivity contribution in [3.8, 4) is 0 Å². The van der Waals surface area contributed by atoms with E-state index in [1.54, 1.807) is 39.8 Å². The third-order valence-electron chi connectivity index (χ3n) is 21.7. The highest BCUT2D eigenvalue weighted by atomic mass is 16.8. The molecule has 0 radical (unpaired) electrons. The Kier molecular flexibility index (Phi) is 18.4. The number of aliphatic carboxylic acids is 1. The first-order valence-electron chi connectivity index (χ1n) is 28.6. The van der Waals surface area contributed by atoms with Crippen LogP contribution < -0.4 is 0 Å². The van der Waals surface area contributed by atoms with Crippen molar-refractivity contribution < 1.29 is 114 Å². The molecule has 12 N–H and O–H groups in total. The minimum atomic E-state index is -1.97. The summed E-state index contributed by atoms with van der Waals surface area (Å²) in [4.78, 5) is 40.4. The molecule has 8 unspecified atom stereocenters. The summed E-state index contributed by atoms with van der Waals surface area (Å²) in [6.07, 6.45) is -21.0. The van der Waals surface area contributed by atoms with Gasteiger partial charge >= 0.3 is 17.9 Å². The van der Waals surface area contributed by atoms with Crippen molar-refractivity contribution in [3.63, 3.8) is 0 Å². The highest BCUT2D eigenvalue weighted by Gasteiger charge is 2.76. The minimum Gasteiger partial charge on any atom is -0.479 e. The molecule has 0 aromatic heterocycles. The third kappa shape index (κ3) is 10.3. The van der Waals surface area contributed by atoms with Crippen molar-refractivity contribution in [1.29, 1.82) is 0 Å². The predicted octanol–water partition coefficient (Wildman–Crippen LogP) is 0.510. The quantitative estimate of drug-likeness (QED) is 0.0488. The van der Waals surface area contributed by atoms with Crippen LogP contribution in [0.5, 0.6) is 0 Å². The van der Waals surface area contributed by atoms with Crippen LogP contribution in [0.15, 0.2) is 34.9 Å². The molecule has 0 aromatic rings. The summed E-state index contributed by atoms with van der Waals surface area (Å²) in [5, 5.41) is 134. The van der Waals surface area contributed by atoms with Crippen molar-refractivity contribution in [2.75, 3.05) is 26.4 Å². The van der Waals surface area contributed by atoms with E-state index in [0.29, 0.717) is 37.7 Å². The third-order valence-corrected chi connectivity index (χ3v) is 21.7. The molecule has 23 nitrogen and oxygen atoms in total. The van der Waals surface area contributed by atoms with Crippen LogP contribution in [0.2, 0.25) is 0 Å². The van der Waals surface area contributed by atoms with Gasteiger partial charge in [0.05, 0.1) is 56.3 Å². The SMILES string of the molecule is C/C=C(/C)C(=O)O[C@H]1[C@H](OC(=O)/C(C)=C\C)[C@@]2(CO)C(CC1(C)C)C1=CCC3[C@@]4(C)CC[C@H](O[C@@H]5OC(C(=O)O)[C@@H](O)[C@@H](CO[C@@H]6OC[C@@H](O)[C@@H](O)C6O)C5O[C@@H]5OC(CO)[C@H](O)[C@@H](O)C5O)C(C)(C)C4CC[C@@]3(C)[C@]1(C)[C@@H](O)[C@H]2O. The van der Waals surface area contributed by atoms with Gasteiger partial charge in [-0.2, -0.15) is 0 Å². The highest BCUT2D eigenvalue weighted by Crippen LogP contribution is 2.76. The van der Waals surface area contributed by atoms with Gasteiger partial charge in [-0.25, -0.2) is 14.4 Å². The number of ether oxygens (including phenoxy) is 8. The zero-order chi connectivity index (χ0) is 60.0. The fourth-order valence-corrected chi connectivity index (χ4v) is 16.4. The van der Waals surface area contributed by atoms with E-state index < -0.39 is 199 Å². The Morgan fingerprint density at radius 2 is 1.32 bits per heavy atom. The lowest BCUT2D eigenvalue weighted by Crippen LogP contribution is -2.76. The highest BCUT2D eigenvalue weighted by molar-refractivity contribution is 5.89. The van der Waals surface area contributed by atoms with Gasteiger partial charge in [0.15, 0.2) is 31.1 Å². The maximum absolute atomic E-state index is 13.9. The largest absolute Gasteiger partial charge is 0.479 e. The van der Waals surface area contributed by atoms with Crippen LogP contribution in [0.3, 0.4) is 0 Å². The topological polar surface area (TPSA) is 368 Å². The number of aliphatic hydroxyl groups is 11. The second kappa shape index (κ2) is 23.3. The number of carboxylic acid groups (broad SMARTS) is 1. The normalized spacial score (nSPS) is 48.7. The van der Waals surface area contributed by atoms with Gasteiger partial charge in [0, 0.05) is 27.9 Å². The van der Waals surface area contributed by atoms with Crippen molar-refractivity contribution in [1.82, 2.24) is 0 Å². The van der Waals surface area contributed by atoms with Gasteiger partial charge in [-0.05, 0) is 100 Å². The fourth-order valence-electron chi connectivity index (χ4n) is 16.4. The average molecular weight is 1160 g/mol. The summed E-state index contributed by atoms with van der Waals surface area (Å²) in [5.41, 5.74) is -4.31. The molecule has 3 saturated heterocycles. The van der Waals surface area contributed by atoms with Crippen molar-refractivity contribution >= 4 is 17.9 Å². The molecule has 26 atom stereocenters. The second-order valence-corrected chi connectivity index (χ2v) is 26.4. The van der Waals surface area contributed by atoms with Crippen molar-refractivity contribution in [2.45, 2.75) is 225 Å². The van der Waals surface area contributed by atoms with Crippen molar-refractivity contribution in [2.24, 2.45) is 56.2 Å². The molecule has 3 heterocycles. The minimum absolute atomic E-state index is 0.133. The van der Waals surface area contributed by atoms with Gasteiger partial charge in [0.25, 0.3) is 0 Å². The molecular weight excluding hydrogens is 1060 g/mol. The van der Waals surface area contributed by atoms with E-state index >= 15 is 0 Å². The van der Waals surface area contributed by atoms with E-state index in [-0.39, 0.29) is 23.8 Å². The number of carbonyl (C=O) groups excluding carboxylic acids is 2. The summed E-state index contributed by atoms with van der Waals surface area (Å²) < 4.78 is 48.9. The maximum Gasteiger partial charge on any atom is 0.335 e. The van der Waals surface area contributed by atoms with Crippen LogP contribution in [-0.2, 0) is 52.3 Å². The number of aliphatic hydroxyl groups excluding tert-OH is 11. The molecule has 81 heavy (non-hydrogen) atoms. The number of fused-ring (bicyclic) bond motifs is 7. The fraction of sp³-hybridized carbons (Fsp3) is 0.845. The Balaban J connectivity index is 1.13. The molecule has 0 aromatic carbocycles. The number of esters is 2. The van der Waals surface area contributed by atoms with E-state index in [2.05, 4.69) is 19.9 Å². The number of carbonyl (C=O) groups is 3. The lowest BCUT2D eigenvalue weighted by atomic mass is 9.32. The van der Waals surface area contributed by atoms with Crippen LogP contribution in [0.1, 0.15) is 115 Å². The summed E-state index contributed by atoms with van der Waals surface area (Å²) in [7, 11) is 0. The Morgan fingerprint density at radius 3 is 1.91 bits per heavy atom. The first-order valence-corrected chi connectivity index (χ1v) is 28.6. The Morgan fingerprint density at radius 1 is 0.704 bits per heavy atom. The first kappa shape index (κ1) is 64.0. The van der Waals surface area contributed by atoms with Gasteiger partial charge in [-0.3, -0.25) is 0 Å². The molecule has 23 heteroatoms. The summed E-state index contributed by atoms with van der Waals surface area (Å²) >= 11 is 0. The number of hydrogen-bond acceptors (Lipinski definition) is 22. The van der Waals surface area contributed by atoms with Gasteiger partial charge in [-0.15, -0.1) is 0 Å². The summed E-state index contributed by atoms with van der Waals surface area (Å²) in [5.74, 6) is -5.37. The lowest BCUT2D eigenvalue weighted by Gasteiger charge is -2.73. The average Bonchev–Trinajstić information content (AvgIpc) is 0.806. The van der Waals surface area contributed by atoms with E-state index in [1.165, 1.54) is 0 Å². The molecule has 7 fully saturated rings. The van der Waals surface area contributed by atoms with Crippen LogP contribution in [0, 0.1) is 56.2 Å². The Labute approximate surface area is 472 Å². The Bertz CT molecular complexity index is 2410. The molecular formula is C58H90O23. The number of allylic oxidation sites excluding steroid dienone is 3. The molecule has 0 bridgehead atoms. The number of rotatable bonds is 14. The van der Waals surface area contributed by atoms with Crippen LogP contribution >= 0.6 is 0 Å². The summed E-state index contributed by atoms with van der Waals surface area (Å²) in [6.45, 7) is 18.2. The zero-order valence-corrected chi connectivity index (χ0v) is 48.4. The van der Waals surface area contributed by atoms with Gasteiger partial charge in [-0.1, -0.05) is 72.3 Å². The molecule has 4 saturated carbocycles. The van der Waals surface area contributed by atoms with E-state index in [0.717, 1.165) is 5.57 Å². The van der Waals surface area contributed by atoms with Gasteiger partial charge in [0.1, 0.15) is 54.9 Å². The molecule has 0 spiro atoms. The molecule has 0 amide bonds. The summed E-state index contributed by atoms with van der Waals surface area (Å²) in [6, 6.07) is 0. The molecule has 3 aliphatic heterocycles. The second-order valence-electron chi connectivity index (χ2n) is 26.4. The predicted molar refractivity (Wildman–Crippen MR) is 281 cm³/mol. The van der Waals surface area contributed by atoms with E-state index in [9.17, 15) is 75.7 Å². The molecule has 460 valence electrons. The lowest BCUT2D eigenvalue weighted by molar-refractivity contribution is -0.374. The molecule has 5 aliphatic carbocycles. The first-order chi connectivity index (χ1) is 37.8. The smallest absolute Gasteiger partial charge is 0.335 e. The van der Waals surface area contributed by atoms with Crippen LogP contribution in [0.25, 0.3) is 0 Å². The zero-order valence-electron chi connectivity index (χ0n) is 48.4. The molecule has 8 rings (SSSR count). The van der Waals surface area contributed by atoms with Gasteiger partial charge in [0.2, 0.25) is 0 Å². The van der Waals surface area contributed by atoms with Crippen LogP contribution in [-0.4, -0.2) is 216 Å². The number of carboxylic acids is 1. The van der Waals surface area contributed by atoms with E-state index in [1.807, 2.05) is 34.6 Å². The molecule has 8 aliphatic rings. The number of hydrogen-bond donors (Lipinski definition) is 12. The monoisotopic (exact) mass is 1150 g/mol. The van der Waals surface area contributed by atoms with Crippen LogP contribution in [0.4, 0.5) is 0 Å². The Hall–Kier alpha value is -3.05. The maximum atomic E-state index is 13.9. The van der Waals surface area contributed by atoms with Gasteiger partial charge < -0.3 is 99.2 Å². The van der Waals surface area contributed by atoms with Crippen molar-refractivity contribution in [3.05, 3.63) is 34.9 Å². The van der Waals surface area contributed by atoms with E-state index in [4.69, 9.17) is 37.9 Å².